The highest BCUT2D eigenvalue weighted by molar-refractivity contribution is 6.07. The summed E-state index contributed by atoms with van der Waals surface area (Å²) in [5.74, 6) is 0.219. The molecule has 25 heavy (non-hydrogen) atoms. The minimum atomic E-state index is -0.489. The van der Waals surface area contributed by atoms with Crippen LogP contribution in [0.4, 0.5) is 5.69 Å². The minimum absolute atomic E-state index is 0.219. The highest BCUT2D eigenvalue weighted by atomic mass is 16.1. The summed E-state index contributed by atoms with van der Waals surface area (Å²) in [6.07, 6.45) is 4.49. The first-order valence-corrected chi connectivity index (χ1v) is 8.73. The van der Waals surface area contributed by atoms with Crippen molar-refractivity contribution in [3.63, 3.8) is 0 Å². The molecule has 0 fully saturated rings. The molecule has 3 aromatic rings. The van der Waals surface area contributed by atoms with Gasteiger partial charge in [0.25, 0.3) is 0 Å². The SMILES string of the molecule is CN1CC2(Cc3c1ccc1ccccc31)C(=O)C=Cc1ccccc12. The fraction of sp³-hybridized carbons (Fsp3) is 0.174. The number of nitrogens with zero attached hydrogens (tertiary/aromatic N) is 1. The minimum Gasteiger partial charge on any atom is -0.373 e. The maximum absolute atomic E-state index is 13.1. The fourth-order valence-electron chi connectivity index (χ4n) is 4.60. The molecule has 0 saturated heterocycles. The van der Waals surface area contributed by atoms with Crippen molar-refractivity contribution in [2.24, 2.45) is 0 Å². The van der Waals surface area contributed by atoms with Gasteiger partial charge in [-0.15, -0.1) is 0 Å². The topological polar surface area (TPSA) is 20.3 Å². The molecule has 2 heteroatoms. The van der Waals surface area contributed by atoms with E-state index in [9.17, 15) is 4.79 Å². The van der Waals surface area contributed by atoms with Crippen LogP contribution in [0.25, 0.3) is 16.8 Å². The van der Waals surface area contributed by atoms with Gasteiger partial charge in [0.2, 0.25) is 0 Å². The summed E-state index contributed by atoms with van der Waals surface area (Å²) < 4.78 is 0. The molecular weight excluding hydrogens is 306 g/mol. The molecule has 0 aromatic heterocycles. The Balaban J connectivity index is 1.79. The molecule has 0 N–H and O–H groups in total. The number of benzene rings is 3. The lowest BCUT2D eigenvalue weighted by Crippen LogP contribution is -2.51. The van der Waals surface area contributed by atoms with Crippen LogP contribution in [0.15, 0.2) is 66.7 Å². The van der Waals surface area contributed by atoms with Gasteiger partial charge in [-0.1, -0.05) is 60.7 Å². The number of hydrogen-bond acceptors (Lipinski definition) is 2. The standard InChI is InChI=1S/C23H19NO/c1-24-15-23(20-9-5-3-7-17(20)11-13-22(23)25)14-19-18-8-4-2-6-16(18)10-12-21(19)24/h2-13H,14-15H2,1H3. The lowest BCUT2D eigenvalue weighted by Gasteiger charge is -2.44. The Morgan fingerprint density at radius 2 is 1.72 bits per heavy atom. The Labute approximate surface area is 147 Å². The quantitative estimate of drug-likeness (QED) is 0.612. The molecule has 3 aromatic carbocycles. The number of allylic oxidation sites excluding steroid dienone is 1. The number of hydrogen-bond donors (Lipinski definition) is 0. The maximum atomic E-state index is 13.1. The van der Waals surface area contributed by atoms with Crippen LogP contribution in [-0.4, -0.2) is 19.4 Å². The largest absolute Gasteiger partial charge is 0.373 e. The monoisotopic (exact) mass is 325 g/mol. The highest BCUT2D eigenvalue weighted by Gasteiger charge is 2.46. The molecule has 1 heterocycles. The van der Waals surface area contributed by atoms with E-state index in [-0.39, 0.29) is 5.78 Å². The van der Waals surface area contributed by atoms with Crippen molar-refractivity contribution in [1.29, 1.82) is 0 Å². The second-order valence-corrected chi connectivity index (χ2v) is 7.18. The molecule has 1 spiro atoms. The molecule has 1 atom stereocenters. The summed E-state index contributed by atoms with van der Waals surface area (Å²) in [4.78, 5) is 15.4. The molecule has 0 amide bonds. The number of likely N-dealkylation sites (N-methyl/N-ethyl adjacent to an activating group) is 1. The Kier molecular flexibility index (Phi) is 2.93. The summed E-state index contributed by atoms with van der Waals surface area (Å²) in [7, 11) is 2.10. The number of rotatable bonds is 0. The molecule has 1 aliphatic heterocycles. The molecule has 2 aliphatic rings. The van der Waals surface area contributed by atoms with Gasteiger partial charge >= 0.3 is 0 Å². The molecule has 122 valence electrons. The van der Waals surface area contributed by atoms with Crippen molar-refractivity contribution < 1.29 is 4.79 Å². The van der Waals surface area contributed by atoms with E-state index < -0.39 is 5.41 Å². The van der Waals surface area contributed by atoms with Crippen molar-refractivity contribution in [3.8, 4) is 0 Å². The molecule has 2 nitrogen and oxygen atoms in total. The molecule has 1 unspecified atom stereocenters. The van der Waals surface area contributed by atoms with Crippen LogP contribution in [0.2, 0.25) is 0 Å². The van der Waals surface area contributed by atoms with Crippen LogP contribution in [0.1, 0.15) is 16.7 Å². The summed E-state index contributed by atoms with van der Waals surface area (Å²) in [5.41, 5.74) is 4.36. The van der Waals surface area contributed by atoms with E-state index in [0.29, 0.717) is 0 Å². The van der Waals surface area contributed by atoms with E-state index in [2.05, 4.69) is 60.5 Å². The van der Waals surface area contributed by atoms with E-state index in [1.807, 2.05) is 18.2 Å². The van der Waals surface area contributed by atoms with Crippen LogP contribution in [0.3, 0.4) is 0 Å². The van der Waals surface area contributed by atoms with Gasteiger partial charge in [-0.05, 0) is 46.0 Å². The molecule has 5 rings (SSSR count). The first-order chi connectivity index (χ1) is 12.2. The number of fused-ring (bicyclic) bond motifs is 5. The lowest BCUT2D eigenvalue weighted by atomic mass is 9.65. The summed E-state index contributed by atoms with van der Waals surface area (Å²) in [6, 6.07) is 21.2. The molecule has 1 aliphatic carbocycles. The average Bonchev–Trinajstić information content (AvgIpc) is 2.65. The van der Waals surface area contributed by atoms with Crippen LogP contribution in [0.5, 0.6) is 0 Å². The predicted molar refractivity (Wildman–Crippen MR) is 103 cm³/mol. The molecule has 0 bridgehead atoms. The Hall–Kier alpha value is -2.87. The number of carbonyl (C=O) groups excluding carboxylic acids is 1. The molecule has 0 radical (unpaired) electrons. The smallest absolute Gasteiger partial charge is 0.168 e. The second-order valence-electron chi connectivity index (χ2n) is 7.18. The zero-order valence-corrected chi connectivity index (χ0v) is 14.2. The van der Waals surface area contributed by atoms with E-state index in [0.717, 1.165) is 18.5 Å². The molecular formula is C23H19NO. The van der Waals surface area contributed by atoms with Gasteiger partial charge in [0.15, 0.2) is 5.78 Å². The van der Waals surface area contributed by atoms with E-state index in [1.54, 1.807) is 6.08 Å². The first kappa shape index (κ1) is 14.5. The number of carbonyl (C=O) groups is 1. The molecule has 0 saturated carbocycles. The lowest BCUT2D eigenvalue weighted by molar-refractivity contribution is -0.119. The summed E-state index contributed by atoms with van der Waals surface area (Å²) in [5, 5.41) is 2.49. The van der Waals surface area contributed by atoms with Crippen molar-refractivity contribution in [2.45, 2.75) is 11.8 Å². The average molecular weight is 325 g/mol. The van der Waals surface area contributed by atoms with Gasteiger partial charge < -0.3 is 4.90 Å². The summed E-state index contributed by atoms with van der Waals surface area (Å²) in [6.45, 7) is 0.721. The Morgan fingerprint density at radius 3 is 2.64 bits per heavy atom. The highest BCUT2D eigenvalue weighted by Crippen LogP contribution is 2.44. The van der Waals surface area contributed by atoms with Gasteiger partial charge in [0.05, 0.1) is 5.41 Å². The third kappa shape index (κ3) is 1.94. The van der Waals surface area contributed by atoms with Crippen LogP contribution < -0.4 is 4.90 Å². The Morgan fingerprint density at radius 1 is 0.920 bits per heavy atom. The normalized spacial score (nSPS) is 21.5. The van der Waals surface area contributed by atoms with Gasteiger partial charge in [-0.2, -0.15) is 0 Å². The predicted octanol–water partition coefficient (Wildman–Crippen LogP) is 4.37. The first-order valence-electron chi connectivity index (χ1n) is 8.73. The van der Waals surface area contributed by atoms with E-state index in [1.165, 1.54) is 27.6 Å². The summed E-state index contributed by atoms with van der Waals surface area (Å²) >= 11 is 0. The van der Waals surface area contributed by atoms with Crippen LogP contribution in [0, 0.1) is 0 Å². The maximum Gasteiger partial charge on any atom is 0.168 e. The third-order valence-electron chi connectivity index (χ3n) is 5.78. The zero-order chi connectivity index (χ0) is 17.0. The fourth-order valence-corrected chi connectivity index (χ4v) is 4.60. The van der Waals surface area contributed by atoms with Crippen molar-refractivity contribution in [1.82, 2.24) is 0 Å². The van der Waals surface area contributed by atoms with E-state index >= 15 is 0 Å². The van der Waals surface area contributed by atoms with Gasteiger partial charge in [0.1, 0.15) is 0 Å². The van der Waals surface area contributed by atoms with Crippen LogP contribution in [-0.2, 0) is 16.6 Å². The van der Waals surface area contributed by atoms with E-state index in [4.69, 9.17) is 0 Å². The van der Waals surface area contributed by atoms with Gasteiger partial charge in [-0.3, -0.25) is 4.79 Å². The second kappa shape index (κ2) is 5.06. The van der Waals surface area contributed by atoms with Gasteiger partial charge in [0, 0.05) is 19.3 Å². The number of anilines is 1. The van der Waals surface area contributed by atoms with Crippen molar-refractivity contribution >= 4 is 28.3 Å². The Bertz CT molecular complexity index is 1050. The van der Waals surface area contributed by atoms with Crippen molar-refractivity contribution in [3.05, 3.63) is 83.4 Å². The number of ketones is 1. The van der Waals surface area contributed by atoms with Crippen LogP contribution >= 0.6 is 0 Å². The van der Waals surface area contributed by atoms with Gasteiger partial charge in [-0.25, -0.2) is 0 Å². The zero-order valence-electron chi connectivity index (χ0n) is 14.2. The third-order valence-corrected chi connectivity index (χ3v) is 5.78. The van der Waals surface area contributed by atoms with Crippen molar-refractivity contribution in [2.75, 3.05) is 18.5 Å².